The van der Waals surface area contributed by atoms with Crippen molar-refractivity contribution in [3.63, 3.8) is 0 Å². The molecule has 0 radical (unpaired) electrons. The van der Waals surface area contributed by atoms with E-state index in [1.807, 2.05) is 0 Å². The first kappa shape index (κ1) is 55.8. The predicted octanol–water partition coefficient (Wildman–Crippen LogP) is 13.1. The molecule has 0 bridgehead atoms. The molecule has 59 heavy (non-hydrogen) atoms. The van der Waals surface area contributed by atoms with Crippen LogP contribution in [-0.4, -0.2) is 101 Å². The lowest BCUT2D eigenvalue weighted by Gasteiger charge is -2.33. The van der Waals surface area contributed by atoms with E-state index in [9.17, 15) is 9.59 Å². The third-order valence-corrected chi connectivity index (χ3v) is 12.5. The van der Waals surface area contributed by atoms with Crippen molar-refractivity contribution in [2.45, 2.75) is 233 Å². The lowest BCUT2D eigenvalue weighted by Crippen LogP contribution is -2.45. The van der Waals surface area contributed by atoms with E-state index in [2.05, 4.69) is 44.5 Å². The summed E-state index contributed by atoms with van der Waals surface area (Å²) < 4.78 is 23.8. The van der Waals surface area contributed by atoms with Crippen molar-refractivity contribution in [3.8, 4) is 0 Å². The van der Waals surface area contributed by atoms with Gasteiger partial charge in [0.15, 0.2) is 0 Å². The summed E-state index contributed by atoms with van der Waals surface area (Å²) in [6.07, 6.45) is 35.9. The minimum Gasteiger partial charge on any atom is -0.466 e. The van der Waals surface area contributed by atoms with Crippen molar-refractivity contribution in [2.24, 2.45) is 11.8 Å². The fourth-order valence-electron chi connectivity index (χ4n) is 8.34. The summed E-state index contributed by atoms with van der Waals surface area (Å²) in [6, 6.07) is 0. The van der Waals surface area contributed by atoms with Crippen LogP contribution in [0.25, 0.3) is 0 Å². The number of rotatable bonds is 44. The highest BCUT2D eigenvalue weighted by molar-refractivity contribution is 5.70. The minimum atomic E-state index is 0.0168. The molecule has 0 aromatic heterocycles. The molecule has 1 fully saturated rings. The fourth-order valence-corrected chi connectivity index (χ4v) is 8.34. The number of carbonyl (C=O) groups excluding carboxylic acids is 2. The second kappa shape index (κ2) is 42.1. The van der Waals surface area contributed by atoms with Gasteiger partial charge in [0.1, 0.15) is 0 Å². The highest BCUT2D eigenvalue weighted by Gasteiger charge is 2.18. The third kappa shape index (κ3) is 36.0. The second-order valence-corrected chi connectivity index (χ2v) is 18.3. The van der Waals surface area contributed by atoms with Crippen molar-refractivity contribution in [1.82, 2.24) is 9.80 Å². The third-order valence-electron chi connectivity index (χ3n) is 12.5. The normalized spacial score (nSPS) is 14.4. The molecule has 1 saturated heterocycles. The molecule has 1 rings (SSSR count). The minimum absolute atomic E-state index is 0.0168. The van der Waals surface area contributed by atoms with Crippen LogP contribution in [0.15, 0.2) is 0 Å². The number of hydrogen-bond donors (Lipinski definition) is 0. The van der Waals surface area contributed by atoms with E-state index >= 15 is 0 Å². The Bertz CT molecular complexity index is 897. The summed E-state index contributed by atoms with van der Waals surface area (Å²) in [4.78, 5) is 29.7. The Hall–Kier alpha value is -1.22. The van der Waals surface area contributed by atoms with Crippen LogP contribution in [0.1, 0.15) is 227 Å². The number of carbonyl (C=O) groups is 2. The Morgan fingerprint density at radius 1 is 0.458 bits per heavy atom. The Morgan fingerprint density at radius 3 is 1.24 bits per heavy atom. The van der Waals surface area contributed by atoms with Crippen LogP contribution in [0.5, 0.6) is 0 Å². The summed E-state index contributed by atoms with van der Waals surface area (Å²) in [7, 11) is 2.22. The number of hydrogen-bond acceptors (Lipinski definition) is 8. The Morgan fingerprint density at radius 2 is 0.831 bits per heavy atom. The summed E-state index contributed by atoms with van der Waals surface area (Å²) in [6.45, 7) is 18.2. The molecule has 0 aromatic rings. The highest BCUT2D eigenvalue weighted by Crippen LogP contribution is 2.22. The standard InChI is InChI=1S/C51H100N2O6/c1-6-10-30-47(31-11-7-2)44-50(54)58-42-28-24-20-15-14-18-22-26-40-56-46-49(34-35-53-38-36-52(5)37-39-53)57-41-27-23-19-16-17-21-25-29-43-59-51(55)45-48(32-12-8-3)33-13-9-4/h47-49H,6-46H2,1-5H3. The summed E-state index contributed by atoms with van der Waals surface area (Å²) >= 11 is 0. The predicted molar refractivity (Wildman–Crippen MR) is 249 cm³/mol. The maximum Gasteiger partial charge on any atom is 0.306 e. The number of nitrogens with zero attached hydrogens (tertiary/aromatic N) is 2. The fraction of sp³-hybridized carbons (Fsp3) is 0.961. The molecule has 1 heterocycles. The van der Waals surface area contributed by atoms with Crippen LogP contribution in [-0.2, 0) is 28.5 Å². The van der Waals surface area contributed by atoms with Gasteiger partial charge < -0.3 is 28.7 Å². The Balaban J connectivity index is 2.11. The molecule has 8 nitrogen and oxygen atoms in total. The molecule has 1 aliphatic heterocycles. The molecule has 0 aliphatic carbocycles. The van der Waals surface area contributed by atoms with E-state index < -0.39 is 0 Å². The molecular formula is C51H100N2O6. The Labute approximate surface area is 366 Å². The number of piperazine rings is 1. The van der Waals surface area contributed by atoms with Gasteiger partial charge in [-0.05, 0) is 76.7 Å². The van der Waals surface area contributed by atoms with Gasteiger partial charge in [0.05, 0.1) is 25.9 Å². The van der Waals surface area contributed by atoms with E-state index in [0.29, 0.717) is 44.5 Å². The van der Waals surface area contributed by atoms with Crippen LogP contribution in [0.4, 0.5) is 0 Å². The zero-order valence-corrected chi connectivity index (χ0v) is 40.1. The Kier molecular flexibility index (Phi) is 39.8. The van der Waals surface area contributed by atoms with Gasteiger partial charge in [-0.3, -0.25) is 9.59 Å². The molecule has 8 heteroatoms. The molecular weight excluding hydrogens is 737 g/mol. The van der Waals surface area contributed by atoms with Crippen molar-refractivity contribution < 1.29 is 28.5 Å². The quantitative estimate of drug-likeness (QED) is 0.0444. The van der Waals surface area contributed by atoms with Crippen LogP contribution in [0.3, 0.4) is 0 Å². The van der Waals surface area contributed by atoms with Gasteiger partial charge in [-0.25, -0.2) is 0 Å². The van der Waals surface area contributed by atoms with Gasteiger partial charge in [0.2, 0.25) is 0 Å². The average molecular weight is 837 g/mol. The van der Waals surface area contributed by atoms with Gasteiger partial charge in [-0.2, -0.15) is 0 Å². The van der Waals surface area contributed by atoms with Crippen molar-refractivity contribution >= 4 is 11.9 Å². The second-order valence-electron chi connectivity index (χ2n) is 18.3. The van der Waals surface area contributed by atoms with Crippen LogP contribution in [0, 0.1) is 11.8 Å². The van der Waals surface area contributed by atoms with Gasteiger partial charge in [0, 0.05) is 58.8 Å². The summed E-state index contributed by atoms with van der Waals surface area (Å²) in [5.74, 6) is 1.05. The topological polar surface area (TPSA) is 77.5 Å². The highest BCUT2D eigenvalue weighted by atomic mass is 16.5. The van der Waals surface area contributed by atoms with Crippen LogP contribution in [0.2, 0.25) is 0 Å². The van der Waals surface area contributed by atoms with E-state index in [1.165, 1.54) is 116 Å². The number of ether oxygens (including phenoxy) is 4. The summed E-state index contributed by atoms with van der Waals surface area (Å²) in [5, 5.41) is 0. The molecule has 1 atom stereocenters. The van der Waals surface area contributed by atoms with Crippen molar-refractivity contribution in [3.05, 3.63) is 0 Å². The molecule has 0 N–H and O–H groups in total. The number of unbranched alkanes of at least 4 members (excludes halogenated alkanes) is 18. The smallest absolute Gasteiger partial charge is 0.306 e. The number of likely N-dealkylation sites (N-methyl/N-ethyl adjacent to an activating group) is 1. The van der Waals surface area contributed by atoms with Gasteiger partial charge in [0.25, 0.3) is 0 Å². The van der Waals surface area contributed by atoms with E-state index in [4.69, 9.17) is 18.9 Å². The average Bonchev–Trinajstić information content (AvgIpc) is 3.23. The SMILES string of the molecule is CCCCC(CCCC)CC(=O)OCCCCCCCCCCOCC(CCN1CCN(C)CC1)OCCCCCCCCCCOC(=O)CC(CCCC)CCCC. The molecule has 0 spiro atoms. The van der Waals surface area contributed by atoms with Gasteiger partial charge in [-0.1, -0.05) is 156 Å². The molecule has 0 amide bonds. The lowest BCUT2D eigenvalue weighted by atomic mass is 9.93. The van der Waals surface area contributed by atoms with Crippen molar-refractivity contribution in [2.75, 3.05) is 72.8 Å². The monoisotopic (exact) mass is 837 g/mol. The molecule has 350 valence electrons. The number of esters is 2. The maximum absolute atomic E-state index is 12.4. The van der Waals surface area contributed by atoms with Gasteiger partial charge in [-0.15, -0.1) is 0 Å². The molecule has 0 aromatic carbocycles. The summed E-state index contributed by atoms with van der Waals surface area (Å²) in [5.41, 5.74) is 0. The van der Waals surface area contributed by atoms with E-state index in [0.717, 1.165) is 117 Å². The first-order valence-electron chi connectivity index (χ1n) is 25.8. The lowest BCUT2D eigenvalue weighted by molar-refractivity contribution is -0.146. The van der Waals surface area contributed by atoms with E-state index in [1.54, 1.807) is 0 Å². The van der Waals surface area contributed by atoms with Crippen LogP contribution >= 0.6 is 0 Å². The first-order chi connectivity index (χ1) is 28.9. The molecule has 1 aliphatic rings. The van der Waals surface area contributed by atoms with Gasteiger partial charge >= 0.3 is 11.9 Å². The van der Waals surface area contributed by atoms with Crippen LogP contribution < -0.4 is 0 Å². The first-order valence-corrected chi connectivity index (χ1v) is 25.8. The zero-order valence-electron chi connectivity index (χ0n) is 40.1. The largest absolute Gasteiger partial charge is 0.466 e. The molecule has 1 unspecified atom stereocenters. The zero-order chi connectivity index (χ0) is 42.9. The van der Waals surface area contributed by atoms with E-state index in [-0.39, 0.29) is 18.0 Å². The van der Waals surface area contributed by atoms with Crippen molar-refractivity contribution in [1.29, 1.82) is 0 Å². The molecule has 0 saturated carbocycles. The maximum atomic E-state index is 12.4.